The van der Waals surface area contributed by atoms with Gasteiger partial charge in [-0.25, -0.2) is 9.78 Å². The highest BCUT2D eigenvalue weighted by Crippen LogP contribution is 2.27. The number of aryl methyl sites for hydroxylation is 1. The van der Waals surface area contributed by atoms with Crippen LogP contribution in [0.15, 0.2) is 23.1 Å². The smallest absolute Gasteiger partial charge is 0.328 e. The highest BCUT2D eigenvalue weighted by molar-refractivity contribution is 7.16. The number of hydrogen-bond donors (Lipinski definition) is 3. The fourth-order valence-corrected chi connectivity index (χ4v) is 4.39. The Morgan fingerprint density at radius 3 is 2.52 bits per heavy atom. The fraction of sp³-hybridized carbons (Fsp3) is 0.429. The molecule has 12 heteroatoms. The maximum Gasteiger partial charge on any atom is 0.328 e. The molecule has 0 aliphatic carbocycles. The van der Waals surface area contributed by atoms with Gasteiger partial charge in [-0.1, -0.05) is 32.6 Å². The number of rotatable bonds is 9. The number of carbonyl (C=O) groups is 3. The van der Waals surface area contributed by atoms with E-state index in [1.807, 2.05) is 13.0 Å². The lowest BCUT2D eigenvalue weighted by Gasteiger charge is -2.16. The van der Waals surface area contributed by atoms with Crippen LogP contribution in [-0.2, 0) is 23.9 Å². The number of aromatic nitrogens is 3. The van der Waals surface area contributed by atoms with E-state index < -0.39 is 23.0 Å². The van der Waals surface area contributed by atoms with E-state index in [0.29, 0.717) is 10.6 Å². The van der Waals surface area contributed by atoms with Crippen LogP contribution in [0.3, 0.4) is 0 Å². The van der Waals surface area contributed by atoms with Crippen molar-refractivity contribution in [2.75, 3.05) is 23.8 Å². The third-order valence-corrected chi connectivity index (χ3v) is 6.63. The van der Waals surface area contributed by atoms with E-state index in [4.69, 9.17) is 9.47 Å². The Kier molecular flexibility index (Phi) is 10.0. The summed E-state index contributed by atoms with van der Waals surface area (Å²) in [6.45, 7) is 11.1. The van der Waals surface area contributed by atoms with E-state index in [2.05, 4.69) is 37.4 Å². The Hall–Kier alpha value is -4.24. The quantitative estimate of drug-likeness (QED) is 0.259. The van der Waals surface area contributed by atoms with E-state index in [0.717, 1.165) is 10.4 Å². The van der Waals surface area contributed by atoms with Crippen LogP contribution in [0.2, 0.25) is 0 Å². The summed E-state index contributed by atoms with van der Waals surface area (Å²) in [7, 11) is 0. The van der Waals surface area contributed by atoms with E-state index in [1.165, 1.54) is 17.5 Å². The highest BCUT2D eigenvalue weighted by Gasteiger charge is 2.23. The Bertz CT molecular complexity index is 1530. The predicted octanol–water partition coefficient (Wildman–Crippen LogP) is 3.76. The topological polar surface area (TPSA) is 152 Å². The SMILES string of the molecule is CCOC(=O)CC[C@H](Nc1cc(C)c(C#Cc2cnc3nc(NC(=O)C(C)(C)C)[nH]c(=O)c3c2)s1)C(=O)OCC. The van der Waals surface area contributed by atoms with Gasteiger partial charge in [-0.3, -0.25) is 24.7 Å². The summed E-state index contributed by atoms with van der Waals surface area (Å²) in [6, 6.07) is 2.74. The zero-order valence-electron chi connectivity index (χ0n) is 23.4. The Morgan fingerprint density at radius 2 is 1.85 bits per heavy atom. The number of amides is 1. The monoisotopic (exact) mass is 567 g/mol. The van der Waals surface area contributed by atoms with Crippen LogP contribution in [0.1, 0.15) is 63.5 Å². The molecule has 0 saturated carbocycles. The maximum absolute atomic E-state index is 12.6. The van der Waals surface area contributed by atoms with E-state index >= 15 is 0 Å². The van der Waals surface area contributed by atoms with Gasteiger partial charge in [0.25, 0.3) is 5.56 Å². The molecule has 0 saturated heterocycles. The molecule has 11 nitrogen and oxygen atoms in total. The third kappa shape index (κ3) is 8.13. The molecule has 3 aromatic rings. The molecule has 0 aliphatic heterocycles. The van der Waals surface area contributed by atoms with Gasteiger partial charge in [-0.05, 0) is 44.9 Å². The Balaban J connectivity index is 1.79. The number of esters is 2. The average Bonchev–Trinajstić information content (AvgIpc) is 3.23. The van der Waals surface area contributed by atoms with Crippen molar-refractivity contribution in [1.29, 1.82) is 0 Å². The summed E-state index contributed by atoms with van der Waals surface area (Å²) < 4.78 is 10.1. The summed E-state index contributed by atoms with van der Waals surface area (Å²) in [4.78, 5) is 60.9. The van der Waals surface area contributed by atoms with Crippen LogP contribution in [0.4, 0.5) is 10.9 Å². The third-order valence-electron chi connectivity index (χ3n) is 5.54. The number of hydrogen-bond acceptors (Lipinski definition) is 10. The first-order chi connectivity index (χ1) is 18.9. The number of nitrogens with zero attached hydrogens (tertiary/aromatic N) is 2. The molecule has 40 heavy (non-hydrogen) atoms. The van der Waals surface area contributed by atoms with Gasteiger partial charge in [0.05, 0.1) is 28.5 Å². The molecular formula is C28H33N5O6S. The first-order valence-corrected chi connectivity index (χ1v) is 13.7. The molecule has 0 fully saturated rings. The molecule has 3 aromatic heterocycles. The normalized spacial score (nSPS) is 11.8. The van der Waals surface area contributed by atoms with Crippen molar-refractivity contribution in [3.63, 3.8) is 0 Å². The summed E-state index contributed by atoms with van der Waals surface area (Å²) in [6.07, 6.45) is 1.81. The molecule has 3 heterocycles. The zero-order valence-corrected chi connectivity index (χ0v) is 24.2. The van der Waals surface area contributed by atoms with E-state index in [9.17, 15) is 19.2 Å². The summed E-state index contributed by atoms with van der Waals surface area (Å²) in [5.74, 6) is 5.02. The zero-order chi connectivity index (χ0) is 29.4. The molecule has 3 N–H and O–H groups in total. The molecule has 1 atom stereocenters. The summed E-state index contributed by atoms with van der Waals surface area (Å²) in [5, 5.41) is 6.69. The standard InChI is InChI=1S/C28H33N5O6S/c1-7-38-22(34)12-10-19(25(36)39-8-2)30-21-13-16(3)20(40-21)11-9-17-14-18-23(29-15-17)31-27(32-24(18)35)33-26(37)28(4,5)6/h13-15,19,30H,7-8,10,12H2,1-6H3,(H2,29,31,32,33,35,37)/t19-/m0/s1. The number of nitrogens with one attached hydrogen (secondary N) is 3. The molecular weight excluding hydrogens is 534 g/mol. The van der Waals surface area contributed by atoms with Crippen LogP contribution in [0, 0.1) is 24.2 Å². The summed E-state index contributed by atoms with van der Waals surface area (Å²) >= 11 is 1.35. The Morgan fingerprint density at radius 1 is 1.12 bits per heavy atom. The lowest BCUT2D eigenvalue weighted by Crippen LogP contribution is -2.32. The number of anilines is 2. The molecule has 0 spiro atoms. The molecule has 3 rings (SSSR count). The second kappa shape index (κ2) is 13.2. The minimum atomic E-state index is -0.717. The second-order valence-electron chi connectivity index (χ2n) is 9.88. The highest BCUT2D eigenvalue weighted by atomic mass is 32.1. The van der Waals surface area contributed by atoms with Gasteiger partial charge >= 0.3 is 11.9 Å². The van der Waals surface area contributed by atoms with Gasteiger partial charge in [0.15, 0.2) is 5.65 Å². The minimum absolute atomic E-state index is 0.0291. The van der Waals surface area contributed by atoms with Gasteiger partial charge in [0.2, 0.25) is 11.9 Å². The number of carbonyl (C=O) groups excluding carboxylic acids is 3. The molecule has 0 radical (unpaired) electrons. The number of H-pyrrole nitrogens is 1. The van der Waals surface area contributed by atoms with Gasteiger partial charge in [0.1, 0.15) is 6.04 Å². The molecule has 1 amide bonds. The number of pyridine rings is 1. The number of ether oxygens (including phenoxy) is 2. The number of fused-ring (bicyclic) bond motifs is 1. The van der Waals surface area contributed by atoms with Crippen molar-refractivity contribution in [1.82, 2.24) is 15.0 Å². The van der Waals surface area contributed by atoms with Crippen LogP contribution < -0.4 is 16.2 Å². The lowest BCUT2D eigenvalue weighted by molar-refractivity contribution is -0.145. The lowest BCUT2D eigenvalue weighted by atomic mass is 9.96. The van der Waals surface area contributed by atoms with Crippen LogP contribution in [-0.4, -0.2) is 52.1 Å². The second-order valence-corrected chi connectivity index (χ2v) is 10.9. The molecule has 0 aliphatic rings. The van der Waals surface area contributed by atoms with Crippen molar-refractivity contribution in [3.05, 3.63) is 44.7 Å². The molecule has 0 unspecified atom stereocenters. The van der Waals surface area contributed by atoms with Crippen molar-refractivity contribution in [3.8, 4) is 11.8 Å². The largest absolute Gasteiger partial charge is 0.466 e. The minimum Gasteiger partial charge on any atom is -0.466 e. The van der Waals surface area contributed by atoms with Crippen molar-refractivity contribution in [2.24, 2.45) is 5.41 Å². The molecule has 0 bridgehead atoms. The molecule has 212 valence electrons. The van der Waals surface area contributed by atoms with Gasteiger partial charge in [0, 0.05) is 23.6 Å². The van der Waals surface area contributed by atoms with Gasteiger partial charge in [-0.15, -0.1) is 11.3 Å². The van der Waals surface area contributed by atoms with Crippen LogP contribution >= 0.6 is 11.3 Å². The van der Waals surface area contributed by atoms with Crippen LogP contribution in [0.5, 0.6) is 0 Å². The first kappa shape index (κ1) is 30.3. The first-order valence-electron chi connectivity index (χ1n) is 12.8. The van der Waals surface area contributed by atoms with E-state index in [-0.39, 0.29) is 54.9 Å². The number of thiophene rings is 1. The van der Waals surface area contributed by atoms with Gasteiger partial charge in [-0.2, -0.15) is 4.98 Å². The fourth-order valence-electron chi connectivity index (χ4n) is 3.41. The van der Waals surface area contributed by atoms with Crippen LogP contribution in [0.25, 0.3) is 11.0 Å². The average molecular weight is 568 g/mol. The van der Waals surface area contributed by atoms with E-state index in [1.54, 1.807) is 40.7 Å². The maximum atomic E-state index is 12.6. The molecule has 0 aromatic carbocycles. The summed E-state index contributed by atoms with van der Waals surface area (Å²) in [5.41, 5.74) is 0.480. The predicted molar refractivity (Wildman–Crippen MR) is 153 cm³/mol. The van der Waals surface area contributed by atoms with Crippen molar-refractivity contribution < 1.29 is 23.9 Å². The Labute approximate surface area is 236 Å². The van der Waals surface area contributed by atoms with Crippen molar-refractivity contribution >= 4 is 51.2 Å². The number of aromatic amines is 1. The van der Waals surface area contributed by atoms with Gasteiger partial charge < -0.3 is 14.8 Å². The van der Waals surface area contributed by atoms with Crippen molar-refractivity contribution in [2.45, 2.75) is 60.4 Å².